The normalized spacial score (nSPS) is 20.2. The van der Waals surface area contributed by atoms with Gasteiger partial charge in [-0.2, -0.15) is 5.10 Å². The van der Waals surface area contributed by atoms with Crippen LogP contribution in [0.1, 0.15) is 33.6 Å². The highest BCUT2D eigenvalue weighted by molar-refractivity contribution is 7.80. The Bertz CT molecular complexity index is 435. The van der Waals surface area contributed by atoms with E-state index in [1.54, 1.807) is 6.20 Å². The molecule has 0 unspecified atom stereocenters. The summed E-state index contributed by atoms with van der Waals surface area (Å²) in [6.07, 6.45) is 6.34. The maximum Gasteiger partial charge on any atom is 0.166 e. The molecule has 0 radical (unpaired) electrons. The Morgan fingerprint density at radius 2 is 2.33 bits per heavy atom. The van der Waals surface area contributed by atoms with Crippen LogP contribution in [0.2, 0.25) is 0 Å². The average molecular weight is 310 g/mol. The fourth-order valence-corrected chi connectivity index (χ4v) is 2.58. The van der Waals surface area contributed by atoms with Crippen molar-refractivity contribution in [2.24, 2.45) is 5.41 Å². The molecule has 1 aliphatic rings. The Labute approximate surface area is 132 Å². The molecule has 21 heavy (non-hydrogen) atoms. The van der Waals surface area contributed by atoms with Crippen LogP contribution in [0.3, 0.4) is 0 Å². The van der Waals surface area contributed by atoms with Crippen LogP contribution in [0.15, 0.2) is 18.5 Å². The predicted octanol–water partition coefficient (Wildman–Crippen LogP) is 1.94. The van der Waals surface area contributed by atoms with Crippen molar-refractivity contribution in [3.8, 4) is 0 Å². The van der Waals surface area contributed by atoms with Gasteiger partial charge in [-0.3, -0.25) is 4.68 Å². The minimum absolute atomic E-state index is 0.0849. The van der Waals surface area contributed by atoms with Crippen molar-refractivity contribution in [3.63, 3.8) is 0 Å². The lowest BCUT2D eigenvalue weighted by Crippen LogP contribution is -2.51. The zero-order valence-electron chi connectivity index (χ0n) is 13.1. The summed E-state index contributed by atoms with van der Waals surface area (Å²) >= 11 is 5.42. The van der Waals surface area contributed by atoms with Gasteiger partial charge in [-0.1, -0.05) is 20.8 Å². The number of ether oxygens (including phenoxy) is 1. The van der Waals surface area contributed by atoms with Gasteiger partial charge in [0.15, 0.2) is 5.11 Å². The van der Waals surface area contributed by atoms with Gasteiger partial charge in [-0.25, -0.2) is 0 Å². The first-order valence-electron chi connectivity index (χ1n) is 7.58. The minimum Gasteiger partial charge on any atom is -0.376 e. The molecule has 6 heteroatoms. The van der Waals surface area contributed by atoms with E-state index >= 15 is 0 Å². The third-order valence-corrected chi connectivity index (χ3v) is 4.06. The zero-order valence-corrected chi connectivity index (χ0v) is 13.9. The molecule has 118 valence electrons. The number of aromatic nitrogens is 2. The SMILES string of the molecule is CC(C)(C)[C@H](Cn1cccn1)NC(=S)NC[C@@H]1CCCO1. The molecule has 1 saturated heterocycles. The molecule has 1 aromatic heterocycles. The Balaban J connectivity index is 1.84. The van der Waals surface area contributed by atoms with E-state index in [0.717, 1.165) is 32.5 Å². The number of nitrogens with one attached hydrogen (secondary N) is 2. The Hall–Kier alpha value is -1.14. The van der Waals surface area contributed by atoms with Gasteiger partial charge in [0.1, 0.15) is 0 Å². The molecule has 2 atom stereocenters. The maximum absolute atomic E-state index is 5.60. The molecule has 2 N–H and O–H groups in total. The summed E-state index contributed by atoms with van der Waals surface area (Å²) in [6.45, 7) is 9.06. The summed E-state index contributed by atoms with van der Waals surface area (Å²) in [5.74, 6) is 0. The highest BCUT2D eigenvalue weighted by atomic mass is 32.1. The van der Waals surface area contributed by atoms with Gasteiger partial charge in [0, 0.05) is 25.5 Å². The van der Waals surface area contributed by atoms with E-state index in [9.17, 15) is 0 Å². The van der Waals surface area contributed by atoms with Crippen molar-refractivity contribution in [1.29, 1.82) is 0 Å². The van der Waals surface area contributed by atoms with E-state index in [2.05, 4.69) is 36.5 Å². The molecule has 1 aromatic rings. The van der Waals surface area contributed by atoms with E-state index < -0.39 is 0 Å². The summed E-state index contributed by atoms with van der Waals surface area (Å²) in [6, 6.07) is 2.15. The van der Waals surface area contributed by atoms with Crippen LogP contribution in [0, 0.1) is 5.41 Å². The van der Waals surface area contributed by atoms with Crippen LogP contribution in [0.4, 0.5) is 0 Å². The van der Waals surface area contributed by atoms with Crippen molar-refractivity contribution < 1.29 is 4.74 Å². The molecular formula is C15H26N4OS. The van der Waals surface area contributed by atoms with Crippen LogP contribution in [-0.2, 0) is 11.3 Å². The highest BCUT2D eigenvalue weighted by Crippen LogP contribution is 2.20. The lowest BCUT2D eigenvalue weighted by molar-refractivity contribution is 0.113. The van der Waals surface area contributed by atoms with Crippen LogP contribution in [-0.4, -0.2) is 40.2 Å². The first-order valence-corrected chi connectivity index (χ1v) is 7.99. The molecule has 5 nitrogen and oxygen atoms in total. The molecule has 1 fully saturated rings. The van der Waals surface area contributed by atoms with Gasteiger partial charge in [-0.05, 0) is 36.5 Å². The molecule has 0 amide bonds. The smallest absolute Gasteiger partial charge is 0.166 e. The second-order valence-corrected chi connectivity index (χ2v) is 7.04. The summed E-state index contributed by atoms with van der Waals surface area (Å²) in [7, 11) is 0. The number of hydrogen-bond donors (Lipinski definition) is 2. The number of hydrogen-bond acceptors (Lipinski definition) is 3. The highest BCUT2D eigenvalue weighted by Gasteiger charge is 2.26. The van der Waals surface area contributed by atoms with Gasteiger partial charge in [0.2, 0.25) is 0 Å². The van der Waals surface area contributed by atoms with Crippen molar-refractivity contribution in [2.75, 3.05) is 13.2 Å². The largest absolute Gasteiger partial charge is 0.376 e. The van der Waals surface area contributed by atoms with Crippen LogP contribution in [0.5, 0.6) is 0 Å². The zero-order chi connectivity index (χ0) is 15.3. The van der Waals surface area contributed by atoms with Crippen molar-refractivity contribution in [2.45, 2.75) is 52.3 Å². The lowest BCUT2D eigenvalue weighted by atomic mass is 9.87. The predicted molar refractivity (Wildman–Crippen MR) is 88.2 cm³/mol. The quantitative estimate of drug-likeness (QED) is 0.814. The molecule has 1 aliphatic heterocycles. The molecule has 0 bridgehead atoms. The molecule has 0 aromatic carbocycles. The standard InChI is InChI=1S/C15H26N4OS/c1-15(2,3)13(11-19-8-5-7-17-19)18-14(21)16-10-12-6-4-9-20-12/h5,7-8,12-13H,4,6,9-11H2,1-3H3,(H2,16,18,21)/t12-,13-/m0/s1. The number of nitrogens with zero attached hydrogens (tertiary/aromatic N) is 2. The molecular weight excluding hydrogens is 284 g/mol. The summed E-state index contributed by atoms with van der Waals surface area (Å²) in [4.78, 5) is 0. The molecule has 2 heterocycles. The van der Waals surface area contributed by atoms with Gasteiger partial charge in [0.25, 0.3) is 0 Å². The second-order valence-electron chi connectivity index (χ2n) is 6.64. The molecule has 0 spiro atoms. The molecule has 0 saturated carbocycles. The first kappa shape index (κ1) is 16.2. The van der Waals surface area contributed by atoms with Crippen molar-refractivity contribution in [1.82, 2.24) is 20.4 Å². The Kier molecular flexibility index (Phi) is 5.58. The van der Waals surface area contributed by atoms with Gasteiger partial charge >= 0.3 is 0 Å². The molecule has 0 aliphatic carbocycles. The van der Waals surface area contributed by atoms with Gasteiger partial charge in [0.05, 0.1) is 18.7 Å². The van der Waals surface area contributed by atoms with E-state index in [1.807, 2.05) is 16.9 Å². The lowest BCUT2D eigenvalue weighted by Gasteiger charge is -2.32. The third kappa shape index (κ3) is 5.28. The van der Waals surface area contributed by atoms with E-state index in [-0.39, 0.29) is 11.5 Å². The second kappa shape index (κ2) is 7.22. The maximum atomic E-state index is 5.60. The molecule has 2 rings (SSSR count). The summed E-state index contributed by atoms with van der Waals surface area (Å²) in [5, 5.41) is 11.7. The van der Waals surface area contributed by atoms with Crippen LogP contribution in [0.25, 0.3) is 0 Å². The number of rotatable bonds is 5. The van der Waals surface area contributed by atoms with Gasteiger partial charge in [-0.15, -0.1) is 0 Å². The van der Waals surface area contributed by atoms with Crippen molar-refractivity contribution >= 4 is 17.3 Å². The Morgan fingerprint density at radius 3 is 2.90 bits per heavy atom. The monoisotopic (exact) mass is 310 g/mol. The topological polar surface area (TPSA) is 51.1 Å². The van der Waals surface area contributed by atoms with Crippen LogP contribution < -0.4 is 10.6 Å². The number of thiocarbonyl (C=S) groups is 1. The van der Waals surface area contributed by atoms with E-state index in [4.69, 9.17) is 17.0 Å². The summed E-state index contributed by atoms with van der Waals surface area (Å²) in [5.41, 5.74) is 0.0849. The fourth-order valence-electron chi connectivity index (χ4n) is 2.35. The fraction of sp³-hybridized carbons (Fsp3) is 0.733. The van der Waals surface area contributed by atoms with E-state index in [0.29, 0.717) is 11.2 Å². The van der Waals surface area contributed by atoms with Crippen molar-refractivity contribution in [3.05, 3.63) is 18.5 Å². The Morgan fingerprint density at radius 1 is 1.52 bits per heavy atom. The summed E-state index contributed by atoms with van der Waals surface area (Å²) < 4.78 is 7.53. The van der Waals surface area contributed by atoms with Crippen LogP contribution >= 0.6 is 12.2 Å². The average Bonchev–Trinajstić information content (AvgIpc) is 3.07. The van der Waals surface area contributed by atoms with Gasteiger partial charge < -0.3 is 15.4 Å². The minimum atomic E-state index is 0.0849. The third-order valence-electron chi connectivity index (χ3n) is 3.79. The first-order chi connectivity index (χ1) is 9.95. The van der Waals surface area contributed by atoms with E-state index in [1.165, 1.54) is 0 Å².